The Morgan fingerprint density at radius 3 is 2.38 bits per heavy atom. The average Bonchev–Trinajstić information content (AvgIpc) is 2.63. The van der Waals surface area contributed by atoms with Crippen molar-refractivity contribution in [2.75, 3.05) is 17.7 Å². The minimum atomic E-state index is -0.273. The lowest BCUT2D eigenvalue weighted by Gasteiger charge is -2.22. The van der Waals surface area contributed by atoms with E-state index in [9.17, 15) is 4.79 Å². The van der Waals surface area contributed by atoms with Crippen LogP contribution in [0.15, 0.2) is 48.5 Å². The van der Waals surface area contributed by atoms with Crippen molar-refractivity contribution in [3.63, 3.8) is 0 Å². The van der Waals surface area contributed by atoms with E-state index < -0.39 is 0 Å². The van der Waals surface area contributed by atoms with E-state index in [1.54, 1.807) is 7.11 Å². The minimum Gasteiger partial charge on any atom is -0.495 e. The number of ether oxygens (including phenoxy) is 1. The van der Waals surface area contributed by atoms with Gasteiger partial charge >= 0.3 is 6.03 Å². The molecule has 0 saturated heterocycles. The van der Waals surface area contributed by atoms with Gasteiger partial charge in [0.1, 0.15) is 5.75 Å². The molecule has 2 aromatic carbocycles. The molecule has 2 aromatic rings. The first-order valence-corrected chi connectivity index (χ1v) is 8.57. The molecule has 0 spiro atoms. The van der Waals surface area contributed by atoms with E-state index in [1.165, 1.54) is 37.7 Å². The number of rotatable bonds is 4. The van der Waals surface area contributed by atoms with Crippen LogP contribution in [0.1, 0.15) is 43.6 Å². The lowest BCUT2D eigenvalue weighted by molar-refractivity contribution is 0.262. The first-order chi connectivity index (χ1) is 11.8. The zero-order valence-electron chi connectivity index (χ0n) is 14.0. The third-order valence-corrected chi connectivity index (χ3v) is 4.60. The molecular weight excluding hydrogens is 300 g/mol. The number of nitrogens with one attached hydrogen (secondary N) is 2. The van der Waals surface area contributed by atoms with Crippen LogP contribution in [0.5, 0.6) is 5.75 Å². The molecule has 0 unspecified atom stereocenters. The Morgan fingerprint density at radius 2 is 1.67 bits per heavy atom. The SMILES string of the molecule is COc1ccccc1NC(=O)Nc1ccc(C2CCCCC2)cc1. The van der Waals surface area contributed by atoms with Crippen molar-refractivity contribution in [1.29, 1.82) is 0 Å². The third-order valence-electron chi connectivity index (χ3n) is 4.60. The summed E-state index contributed by atoms with van der Waals surface area (Å²) in [6, 6.07) is 15.3. The predicted molar refractivity (Wildman–Crippen MR) is 97.9 cm³/mol. The summed E-state index contributed by atoms with van der Waals surface area (Å²) in [5.74, 6) is 1.32. The van der Waals surface area contributed by atoms with Gasteiger partial charge in [0.05, 0.1) is 12.8 Å². The fourth-order valence-electron chi connectivity index (χ4n) is 3.31. The molecule has 0 aromatic heterocycles. The Labute approximate surface area is 143 Å². The maximum absolute atomic E-state index is 12.2. The number of urea groups is 1. The standard InChI is InChI=1S/C20H24N2O2/c1-24-19-10-6-5-9-18(19)22-20(23)21-17-13-11-16(12-14-17)15-7-3-2-4-8-15/h5-6,9-15H,2-4,7-8H2,1H3,(H2,21,22,23). The van der Waals surface area contributed by atoms with Crippen molar-refractivity contribution >= 4 is 17.4 Å². The molecule has 126 valence electrons. The van der Waals surface area contributed by atoms with Gasteiger partial charge in [-0.3, -0.25) is 0 Å². The summed E-state index contributed by atoms with van der Waals surface area (Å²) in [5.41, 5.74) is 2.82. The van der Waals surface area contributed by atoms with E-state index in [1.807, 2.05) is 36.4 Å². The van der Waals surface area contributed by atoms with Crippen molar-refractivity contribution in [2.24, 2.45) is 0 Å². The Bertz CT molecular complexity index is 676. The number of hydrogen-bond donors (Lipinski definition) is 2. The number of methoxy groups -OCH3 is 1. The van der Waals surface area contributed by atoms with Gasteiger partial charge < -0.3 is 15.4 Å². The van der Waals surface area contributed by atoms with E-state index in [-0.39, 0.29) is 6.03 Å². The number of amides is 2. The molecule has 4 nitrogen and oxygen atoms in total. The highest BCUT2D eigenvalue weighted by atomic mass is 16.5. The van der Waals surface area contributed by atoms with Crippen LogP contribution in [0.4, 0.5) is 16.2 Å². The second kappa shape index (κ2) is 7.86. The highest BCUT2D eigenvalue weighted by Crippen LogP contribution is 2.33. The second-order valence-corrected chi connectivity index (χ2v) is 6.24. The van der Waals surface area contributed by atoms with Gasteiger partial charge in [-0.15, -0.1) is 0 Å². The predicted octanol–water partition coefficient (Wildman–Crippen LogP) is 5.39. The second-order valence-electron chi connectivity index (χ2n) is 6.24. The molecular formula is C20H24N2O2. The Hall–Kier alpha value is -2.49. The molecule has 2 N–H and O–H groups in total. The molecule has 1 aliphatic rings. The zero-order valence-corrected chi connectivity index (χ0v) is 14.0. The largest absolute Gasteiger partial charge is 0.495 e. The lowest BCUT2D eigenvalue weighted by Crippen LogP contribution is -2.19. The van der Waals surface area contributed by atoms with Gasteiger partial charge in [0, 0.05) is 5.69 Å². The zero-order chi connectivity index (χ0) is 16.8. The summed E-state index contributed by atoms with van der Waals surface area (Å²) in [6.45, 7) is 0. The number of carbonyl (C=O) groups is 1. The van der Waals surface area contributed by atoms with Crippen LogP contribution in [0.3, 0.4) is 0 Å². The molecule has 1 saturated carbocycles. The minimum absolute atomic E-state index is 0.273. The number of para-hydroxylation sites is 2. The van der Waals surface area contributed by atoms with E-state index in [4.69, 9.17) is 4.74 Å². The van der Waals surface area contributed by atoms with Crippen molar-refractivity contribution in [1.82, 2.24) is 0 Å². The molecule has 1 aliphatic carbocycles. The van der Waals surface area contributed by atoms with E-state index >= 15 is 0 Å². The van der Waals surface area contributed by atoms with Crippen molar-refractivity contribution in [3.8, 4) is 5.75 Å². The van der Waals surface area contributed by atoms with Gasteiger partial charge in [0.2, 0.25) is 0 Å². The number of anilines is 2. The van der Waals surface area contributed by atoms with Crippen LogP contribution in [-0.2, 0) is 0 Å². The third kappa shape index (κ3) is 4.07. The van der Waals surface area contributed by atoms with Crippen molar-refractivity contribution < 1.29 is 9.53 Å². The molecule has 0 atom stereocenters. The first-order valence-electron chi connectivity index (χ1n) is 8.57. The summed E-state index contributed by atoms with van der Waals surface area (Å²) in [7, 11) is 1.59. The maximum atomic E-state index is 12.2. The summed E-state index contributed by atoms with van der Waals surface area (Å²) in [6.07, 6.45) is 6.57. The van der Waals surface area contributed by atoms with E-state index in [2.05, 4.69) is 22.8 Å². The molecule has 1 fully saturated rings. The highest BCUT2D eigenvalue weighted by Gasteiger charge is 2.15. The molecule has 0 bridgehead atoms. The van der Waals surface area contributed by atoms with Crippen LogP contribution in [0.2, 0.25) is 0 Å². The normalized spacial score (nSPS) is 14.9. The summed E-state index contributed by atoms with van der Waals surface area (Å²) in [5, 5.41) is 5.68. The maximum Gasteiger partial charge on any atom is 0.323 e. The average molecular weight is 324 g/mol. The van der Waals surface area contributed by atoms with E-state index in [0.717, 1.165) is 5.69 Å². The molecule has 0 aliphatic heterocycles. The Morgan fingerprint density at radius 1 is 0.958 bits per heavy atom. The van der Waals surface area contributed by atoms with Gasteiger partial charge in [0.15, 0.2) is 0 Å². The monoisotopic (exact) mass is 324 g/mol. The molecule has 24 heavy (non-hydrogen) atoms. The first kappa shape index (κ1) is 16.4. The fraction of sp³-hybridized carbons (Fsp3) is 0.350. The van der Waals surface area contributed by atoms with Crippen LogP contribution < -0.4 is 15.4 Å². The van der Waals surface area contributed by atoms with Crippen molar-refractivity contribution in [2.45, 2.75) is 38.0 Å². The highest BCUT2D eigenvalue weighted by molar-refractivity contribution is 6.00. The lowest BCUT2D eigenvalue weighted by atomic mass is 9.84. The topological polar surface area (TPSA) is 50.4 Å². The quantitative estimate of drug-likeness (QED) is 0.792. The van der Waals surface area contributed by atoms with E-state index in [0.29, 0.717) is 17.4 Å². The van der Waals surface area contributed by atoms with Gasteiger partial charge in [-0.05, 0) is 48.6 Å². The number of hydrogen-bond acceptors (Lipinski definition) is 2. The molecule has 0 radical (unpaired) electrons. The Kier molecular flexibility index (Phi) is 5.36. The number of carbonyl (C=O) groups excluding carboxylic acids is 1. The molecule has 2 amide bonds. The summed E-state index contributed by atoms with van der Waals surface area (Å²) in [4.78, 5) is 12.2. The fourth-order valence-corrected chi connectivity index (χ4v) is 3.31. The van der Waals surface area contributed by atoms with Gasteiger partial charge in [0.25, 0.3) is 0 Å². The Balaban J connectivity index is 1.60. The molecule has 4 heteroatoms. The molecule has 0 heterocycles. The van der Waals surface area contributed by atoms with Crippen LogP contribution >= 0.6 is 0 Å². The number of benzene rings is 2. The van der Waals surface area contributed by atoms with Gasteiger partial charge in [-0.2, -0.15) is 0 Å². The molecule has 3 rings (SSSR count). The smallest absolute Gasteiger partial charge is 0.323 e. The van der Waals surface area contributed by atoms with Gasteiger partial charge in [-0.1, -0.05) is 43.5 Å². The van der Waals surface area contributed by atoms with Crippen LogP contribution in [0.25, 0.3) is 0 Å². The van der Waals surface area contributed by atoms with Crippen LogP contribution in [-0.4, -0.2) is 13.1 Å². The summed E-state index contributed by atoms with van der Waals surface area (Å²) >= 11 is 0. The van der Waals surface area contributed by atoms with Crippen LogP contribution in [0, 0.1) is 0 Å². The summed E-state index contributed by atoms with van der Waals surface area (Å²) < 4.78 is 5.24. The van der Waals surface area contributed by atoms with Crippen molar-refractivity contribution in [3.05, 3.63) is 54.1 Å². The van der Waals surface area contributed by atoms with Gasteiger partial charge in [-0.25, -0.2) is 4.79 Å².